The summed E-state index contributed by atoms with van der Waals surface area (Å²) in [5.74, 6) is 0.830. The van der Waals surface area contributed by atoms with Crippen LogP contribution in [0.1, 0.15) is 32.1 Å². The molecule has 4 aliphatic rings. The minimum Gasteiger partial charge on any atom is -0.394 e. The molecule has 0 aromatic rings. The molecule has 0 amide bonds. The summed E-state index contributed by atoms with van der Waals surface area (Å²) in [4.78, 5) is 15.2. The lowest BCUT2D eigenvalue weighted by Crippen LogP contribution is -2.74. The van der Waals surface area contributed by atoms with E-state index < -0.39 is 5.54 Å². The number of carbonyl (C=O) groups is 1. The van der Waals surface area contributed by atoms with Crippen LogP contribution >= 0.6 is 0 Å². The van der Waals surface area contributed by atoms with Crippen LogP contribution < -0.4 is 0 Å². The van der Waals surface area contributed by atoms with Gasteiger partial charge in [0.05, 0.1) is 13.2 Å². The number of carbonyl (C=O) groups excluding carboxylic acids is 1. The molecule has 1 atom stereocenters. The maximum absolute atomic E-state index is 13.0. The fourth-order valence-electron chi connectivity index (χ4n) is 4.34. The Hall–Kier alpha value is -0.450. The zero-order chi connectivity index (χ0) is 12.8. The molecular weight excluding hydrogens is 230 g/mol. The molecule has 0 aromatic heterocycles. The van der Waals surface area contributed by atoms with Gasteiger partial charge in [-0.1, -0.05) is 6.42 Å². The number of aliphatic hydroxyl groups excluding tert-OH is 1. The van der Waals surface area contributed by atoms with Crippen molar-refractivity contribution >= 4 is 5.78 Å². The van der Waals surface area contributed by atoms with E-state index in [1.54, 1.807) is 7.11 Å². The van der Waals surface area contributed by atoms with Crippen LogP contribution in [0.15, 0.2) is 0 Å². The van der Waals surface area contributed by atoms with Crippen molar-refractivity contribution in [2.45, 2.75) is 37.6 Å². The molecule has 0 spiro atoms. The number of hydrogen-bond acceptors (Lipinski definition) is 4. The quantitative estimate of drug-likeness (QED) is 0.806. The van der Waals surface area contributed by atoms with Gasteiger partial charge in [0.1, 0.15) is 5.54 Å². The maximum atomic E-state index is 13.0. The van der Waals surface area contributed by atoms with Crippen LogP contribution in [-0.2, 0) is 9.53 Å². The van der Waals surface area contributed by atoms with Crippen molar-refractivity contribution in [2.24, 2.45) is 11.3 Å². The molecule has 1 aliphatic carbocycles. The molecule has 102 valence electrons. The zero-order valence-electron chi connectivity index (χ0n) is 11.2. The number of piperidine rings is 3. The Morgan fingerprint density at radius 3 is 2.50 bits per heavy atom. The van der Waals surface area contributed by atoms with Gasteiger partial charge in [-0.05, 0) is 31.6 Å². The molecule has 3 saturated heterocycles. The number of ether oxygens (including phenoxy) is 1. The van der Waals surface area contributed by atoms with Crippen LogP contribution in [0.2, 0.25) is 0 Å². The molecule has 1 N–H and O–H groups in total. The van der Waals surface area contributed by atoms with E-state index in [1.165, 1.54) is 19.3 Å². The molecule has 0 radical (unpaired) electrons. The monoisotopic (exact) mass is 253 g/mol. The van der Waals surface area contributed by atoms with E-state index in [1.807, 2.05) is 0 Å². The predicted molar refractivity (Wildman–Crippen MR) is 67.3 cm³/mol. The molecule has 4 nitrogen and oxygen atoms in total. The third-order valence-electron chi connectivity index (χ3n) is 5.67. The lowest BCUT2D eigenvalue weighted by atomic mass is 9.53. The Balaban J connectivity index is 1.95. The summed E-state index contributed by atoms with van der Waals surface area (Å²) in [7, 11) is 1.62. The molecular formula is C14H23NO3. The first-order valence-corrected chi connectivity index (χ1v) is 7.09. The molecule has 3 heterocycles. The Bertz CT molecular complexity index is 338. The Morgan fingerprint density at radius 2 is 2.06 bits per heavy atom. The van der Waals surface area contributed by atoms with E-state index in [-0.39, 0.29) is 17.8 Å². The van der Waals surface area contributed by atoms with Gasteiger partial charge in [-0.3, -0.25) is 9.69 Å². The SMILES string of the molecule is COC[C@@]1(CO)C(=O)C2(C3CCC3)CCN1CC2. The molecule has 4 heteroatoms. The second-order valence-corrected chi connectivity index (χ2v) is 6.22. The van der Waals surface area contributed by atoms with E-state index in [2.05, 4.69) is 4.90 Å². The normalized spacial score (nSPS) is 44.1. The third kappa shape index (κ3) is 1.40. The number of nitrogens with zero attached hydrogens (tertiary/aromatic N) is 1. The number of aliphatic hydroxyl groups is 1. The van der Waals surface area contributed by atoms with Crippen LogP contribution in [0.4, 0.5) is 0 Å². The van der Waals surface area contributed by atoms with Gasteiger partial charge in [0.15, 0.2) is 5.78 Å². The highest BCUT2D eigenvalue weighted by Gasteiger charge is 2.63. The largest absolute Gasteiger partial charge is 0.394 e. The molecule has 0 unspecified atom stereocenters. The minimum absolute atomic E-state index is 0.103. The van der Waals surface area contributed by atoms with Gasteiger partial charge in [0, 0.05) is 25.6 Å². The summed E-state index contributed by atoms with van der Waals surface area (Å²) in [6.45, 7) is 2.10. The molecule has 18 heavy (non-hydrogen) atoms. The third-order valence-corrected chi connectivity index (χ3v) is 5.67. The second-order valence-electron chi connectivity index (χ2n) is 6.22. The Labute approximate surface area is 108 Å². The Kier molecular flexibility index (Phi) is 3.00. The van der Waals surface area contributed by atoms with Gasteiger partial charge in [0.2, 0.25) is 0 Å². The highest BCUT2D eigenvalue weighted by molar-refractivity contribution is 5.96. The summed E-state index contributed by atoms with van der Waals surface area (Å²) < 4.78 is 5.25. The average Bonchev–Trinajstić information content (AvgIpc) is 2.33. The van der Waals surface area contributed by atoms with Gasteiger partial charge < -0.3 is 9.84 Å². The molecule has 3 aliphatic heterocycles. The first-order valence-electron chi connectivity index (χ1n) is 7.09. The van der Waals surface area contributed by atoms with Crippen molar-refractivity contribution < 1.29 is 14.6 Å². The first kappa shape index (κ1) is 12.6. The van der Waals surface area contributed by atoms with Crippen molar-refractivity contribution in [1.82, 2.24) is 4.90 Å². The van der Waals surface area contributed by atoms with Gasteiger partial charge in [-0.2, -0.15) is 0 Å². The number of fused-ring (bicyclic) bond motifs is 3. The van der Waals surface area contributed by atoms with Crippen molar-refractivity contribution in [1.29, 1.82) is 0 Å². The van der Waals surface area contributed by atoms with Crippen LogP contribution in [0.5, 0.6) is 0 Å². The van der Waals surface area contributed by atoms with Crippen LogP contribution in [-0.4, -0.2) is 54.7 Å². The summed E-state index contributed by atoms with van der Waals surface area (Å²) in [5.41, 5.74) is -0.894. The fourth-order valence-corrected chi connectivity index (χ4v) is 4.34. The van der Waals surface area contributed by atoms with E-state index in [9.17, 15) is 9.90 Å². The lowest BCUT2D eigenvalue weighted by Gasteiger charge is -2.60. The Morgan fingerprint density at radius 1 is 1.39 bits per heavy atom. The van der Waals surface area contributed by atoms with E-state index >= 15 is 0 Å². The molecule has 2 bridgehead atoms. The van der Waals surface area contributed by atoms with Crippen LogP contribution in [0.3, 0.4) is 0 Å². The lowest BCUT2D eigenvalue weighted by molar-refractivity contribution is -0.181. The number of methoxy groups -OCH3 is 1. The van der Waals surface area contributed by atoms with Gasteiger partial charge in [0.25, 0.3) is 0 Å². The van der Waals surface area contributed by atoms with Gasteiger partial charge >= 0.3 is 0 Å². The molecule has 0 aromatic carbocycles. The smallest absolute Gasteiger partial charge is 0.164 e. The molecule has 4 fully saturated rings. The first-order chi connectivity index (χ1) is 8.69. The highest BCUT2D eigenvalue weighted by Crippen LogP contribution is 2.55. The van der Waals surface area contributed by atoms with Crippen molar-refractivity contribution in [3.63, 3.8) is 0 Å². The fraction of sp³-hybridized carbons (Fsp3) is 0.929. The number of rotatable bonds is 4. The van der Waals surface area contributed by atoms with Crippen molar-refractivity contribution in [3.8, 4) is 0 Å². The second kappa shape index (κ2) is 4.29. The predicted octanol–water partition coefficient (Wildman–Crippen LogP) is 0.829. The van der Waals surface area contributed by atoms with Crippen LogP contribution in [0, 0.1) is 11.3 Å². The number of ketones is 1. The van der Waals surface area contributed by atoms with Crippen molar-refractivity contribution in [3.05, 3.63) is 0 Å². The summed E-state index contributed by atoms with van der Waals surface area (Å²) >= 11 is 0. The molecule has 4 rings (SSSR count). The topological polar surface area (TPSA) is 49.8 Å². The standard InChI is InChI=1S/C14H23NO3/c1-18-10-14(9-16)12(17)13(11-3-2-4-11)5-7-15(14)8-6-13/h11,16H,2-10H2,1H3/t14-/m0/s1. The highest BCUT2D eigenvalue weighted by atomic mass is 16.5. The van der Waals surface area contributed by atoms with Gasteiger partial charge in [-0.15, -0.1) is 0 Å². The summed E-state index contributed by atoms with van der Waals surface area (Å²) in [6, 6.07) is 0. The van der Waals surface area contributed by atoms with Gasteiger partial charge in [-0.25, -0.2) is 0 Å². The average molecular weight is 253 g/mol. The van der Waals surface area contributed by atoms with Crippen molar-refractivity contribution in [2.75, 3.05) is 33.4 Å². The van der Waals surface area contributed by atoms with E-state index in [0.717, 1.165) is 25.9 Å². The van der Waals surface area contributed by atoms with Crippen LogP contribution in [0.25, 0.3) is 0 Å². The molecule has 1 saturated carbocycles. The zero-order valence-corrected chi connectivity index (χ0v) is 11.2. The summed E-state index contributed by atoms with van der Waals surface area (Å²) in [6.07, 6.45) is 5.63. The van der Waals surface area contributed by atoms with E-state index in [4.69, 9.17) is 4.74 Å². The summed E-state index contributed by atoms with van der Waals surface area (Å²) in [5, 5.41) is 9.81. The maximum Gasteiger partial charge on any atom is 0.164 e. The number of Topliss-reactive ketones (excluding diaryl/α,β-unsaturated/α-hetero) is 1. The van der Waals surface area contributed by atoms with E-state index in [0.29, 0.717) is 12.5 Å². The number of hydrogen-bond donors (Lipinski definition) is 1. The minimum atomic E-state index is -0.749.